The lowest BCUT2D eigenvalue weighted by atomic mass is 10.0. The van der Waals surface area contributed by atoms with Crippen LogP contribution in [0.25, 0.3) is 16.2 Å². The Hall–Kier alpha value is -2.63. The lowest BCUT2D eigenvalue weighted by Gasteiger charge is -2.09. The zero-order valence-corrected chi connectivity index (χ0v) is 18.6. The topological polar surface area (TPSA) is 46.4 Å². The van der Waals surface area contributed by atoms with Crippen LogP contribution in [-0.4, -0.2) is 15.3 Å². The van der Waals surface area contributed by atoms with Crippen LogP contribution in [0.1, 0.15) is 27.9 Å². The Morgan fingerprint density at radius 3 is 2.55 bits per heavy atom. The van der Waals surface area contributed by atoms with Crippen LogP contribution < -0.4 is 5.32 Å². The predicted octanol–water partition coefficient (Wildman–Crippen LogP) is 5.90. The zero-order valence-electron chi connectivity index (χ0n) is 16.9. The molecule has 2 aromatic carbocycles. The average molecular weight is 426 g/mol. The maximum Gasteiger partial charge on any atom is 0.230 e. The van der Waals surface area contributed by atoms with Crippen molar-refractivity contribution in [1.29, 1.82) is 0 Å². The standard InChI is InChI=1S/C23H23N3OS.ClH/c1-14-5-6-16(3)20(9-14)24-22(27)11-19-13-28-23-25-21(12-26(19)23)18-8-7-15(2)17(4)10-18;/h5-10,12-13H,11H2,1-4H3,(H,24,27);1H. The number of fused-ring (bicyclic) bond motifs is 1. The van der Waals surface area contributed by atoms with Gasteiger partial charge in [-0.25, -0.2) is 4.98 Å². The molecular weight excluding hydrogens is 402 g/mol. The molecule has 0 aliphatic carbocycles. The summed E-state index contributed by atoms with van der Waals surface area (Å²) >= 11 is 1.56. The van der Waals surface area contributed by atoms with Gasteiger partial charge in [-0.2, -0.15) is 0 Å². The second-order valence-corrected chi connectivity index (χ2v) is 8.18. The Morgan fingerprint density at radius 1 is 1.03 bits per heavy atom. The fourth-order valence-electron chi connectivity index (χ4n) is 3.23. The number of imidazole rings is 1. The first-order chi connectivity index (χ1) is 13.4. The van der Waals surface area contributed by atoms with Crippen molar-refractivity contribution in [2.45, 2.75) is 34.1 Å². The van der Waals surface area contributed by atoms with Gasteiger partial charge in [-0.15, -0.1) is 23.7 Å². The summed E-state index contributed by atoms with van der Waals surface area (Å²) in [5, 5.41) is 5.05. The van der Waals surface area contributed by atoms with Crippen molar-refractivity contribution >= 4 is 40.3 Å². The van der Waals surface area contributed by atoms with Gasteiger partial charge in [0.2, 0.25) is 5.91 Å². The Kier molecular flexibility index (Phi) is 6.10. The predicted molar refractivity (Wildman–Crippen MR) is 123 cm³/mol. The van der Waals surface area contributed by atoms with Gasteiger partial charge in [-0.05, 0) is 62.1 Å². The van der Waals surface area contributed by atoms with E-state index in [9.17, 15) is 4.79 Å². The number of hydrogen-bond acceptors (Lipinski definition) is 3. The number of rotatable bonds is 4. The van der Waals surface area contributed by atoms with Crippen LogP contribution in [0.3, 0.4) is 0 Å². The fourth-order valence-corrected chi connectivity index (χ4v) is 4.10. The maximum absolute atomic E-state index is 12.6. The molecular formula is C23H24ClN3OS. The van der Waals surface area contributed by atoms with Gasteiger partial charge in [-0.3, -0.25) is 9.20 Å². The highest BCUT2D eigenvalue weighted by Gasteiger charge is 2.14. The lowest BCUT2D eigenvalue weighted by Crippen LogP contribution is -2.16. The van der Waals surface area contributed by atoms with E-state index in [0.29, 0.717) is 6.42 Å². The van der Waals surface area contributed by atoms with Crippen molar-refractivity contribution in [1.82, 2.24) is 9.38 Å². The molecule has 2 aromatic heterocycles. The van der Waals surface area contributed by atoms with E-state index in [1.165, 1.54) is 11.1 Å². The van der Waals surface area contributed by atoms with Crippen LogP contribution in [0.4, 0.5) is 5.69 Å². The molecule has 4 rings (SSSR count). The van der Waals surface area contributed by atoms with Crippen molar-refractivity contribution in [3.05, 3.63) is 75.9 Å². The number of benzene rings is 2. The molecule has 0 atom stereocenters. The fraction of sp³-hybridized carbons (Fsp3) is 0.217. The second kappa shape index (κ2) is 8.39. The number of halogens is 1. The van der Waals surface area contributed by atoms with E-state index in [1.54, 1.807) is 11.3 Å². The van der Waals surface area contributed by atoms with Gasteiger partial charge in [0.15, 0.2) is 4.96 Å². The van der Waals surface area contributed by atoms with Gasteiger partial charge in [0.05, 0.1) is 12.1 Å². The first kappa shape index (κ1) is 21.1. The molecule has 0 aliphatic rings. The minimum Gasteiger partial charge on any atom is -0.326 e. The molecule has 4 aromatic rings. The molecule has 29 heavy (non-hydrogen) atoms. The molecule has 0 bridgehead atoms. The molecule has 0 saturated carbocycles. The molecule has 1 amide bonds. The number of carbonyl (C=O) groups excluding carboxylic acids is 1. The number of hydrogen-bond donors (Lipinski definition) is 1. The highest BCUT2D eigenvalue weighted by molar-refractivity contribution is 7.15. The summed E-state index contributed by atoms with van der Waals surface area (Å²) in [6.45, 7) is 8.25. The molecule has 0 fully saturated rings. The van der Waals surface area contributed by atoms with Gasteiger partial charge < -0.3 is 5.32 Å². The Labute approximate surface area is 181 Å². The van der Waals surface area contributed by atoms with E-state index < -0.39 is 0 Å². The minimum absolute atomic E-state index is 0. The SMILES string of the molecule is Cc1ccc(C)c(NC(=O)Cc2csc3nc(-c4ccc(C)c(C)c4)cn23)c1.Cl. The van der Waals surface area contributed by atoms with Crippen molar-refractivity contribution < 1.29 is 4.79 Å². The zero-order chi connectivity index (χ0) is 19.8. The monoisotopic (exact) mass is 425 g/mol. The molecule has 4 nitrogen and oxygen atoms in total. The maximum atomic E-state index is 12.6. The Balaban J connectivity index is 0.00000240. The summed E-state index contributed by atoms with van der Waals surface area (Å²) < 4.78 is 2.03. The van der Waals surface area contributed by atoms with Gasteiger partial charge in [-0.1, -0.05) is 24.3 Å². The van der Waals surface area contributed by atoms with E-state index in [0.717, 1.165) is 38.7 Å². The van der Waals surface area contributed by atoms with Crippen LogP contribution in [-0.2, 0) is 11.2 Å². The van der Waals surface area contributed by atoms with Gasteiger partial charge >= 0.3 is 0 Å². The largest absolute Gasteiger partial charge is 0.326 e. The molecule has 0 saturated heterocycles. The Bertz CT molecular complexity index is 1190. The molecule has 6 heteroatoms. The summed E-state index contributed by atoms with van der Waals surface area (Å²) in [5.41, 5.74) is 8.58. The summed E-state index contributed by atoms with van der Waals surface area (Å²) in [6.07, 6.45) is 2.34. The third-order valence-electron chi connectivity index (χ3n) is 5.09. The van der Waals surface area contributed by atoms with Gasteiger partial charge in [0.1, 0.15) is 0 Å². The number of carbonyl (C=O) groups is 1. The number of anilines is 1. The van der Waals surface area contributed by atoms with Crippen LogP contribution in [0.2, 0.25) is 0 Å². The first-order valence-corrected chi connectivity index (χ1v) is 10.2. The normalized spacial score (nSPS) is 10.8. The highest BCUT2D eigenvalue weighted by atomic mass is 35.5. The summed E-state index contributed by atoms with van der Waals surface area (Å²) in [7, 11) is 0. The molecule has 0 aliphatic heterocycles. The third-order valence-corrected chi connectivity index (χ3v) is 5.98. The van der Waals surface area contributed by atoms with E-state index in [-0.39, 0.29) is 18.3 Å². The van der Waals surface area contributed by atoms with Crippen LogP contribution in [0.5, 0.6) is 0 Å². The lowest BCUT2D eigenvalue weighted by molar-refractivity contribution is -0.115. The van der Waals surface area contributed by atoms with Crippen LogP contribution in [0, 0.1) is 27.7 Å². The quantitative estimate of drug-likeness (QED) is 0.442. The van der Waals surface area contributed by atoms with Gasteiger partial charge in [0.25, 0.3) is 0 Å². The molecule has 2 heterocycles. The molecule has 0 spiro atoms. The number of nitrogens with one attached hydrogen (secondary N) is 1. The van der Waals surface area contributed by atoms with E-state index in [1.807, 2.05) is 48.0 Å². The minimum atomic E-state index is -0.0187. The number of aromatic nitrogens is 2. The van der Waals surface area contributed by atoms with E-state index >= 15 is 0 Å². The molecule has 150 valence electrons. The number of amides is 1. The van der Waals surface area contributed by atoms with Crippen LogP contribution in [0.15, 0.2) is 48.0 Å². The smallest absolute Gasteiger partial charge is 0.230 e. The summed E-state index contributed by atoms with van der Waals surface area (Å²) in [5.74, 6) is -0.0187. The number of aryl methyl sites for hydroxylation is 4. The van der Waals surface area contributed by atoms with Crippen LogP contribution >= 0.6 is 23.7 Å². The van der Waals surface area contributed by atoms with Crippen molar-refractivity contribution in [2.75, 3.05) is 5.32 Å². The first-order valence-electron chi connectivity index (χ1n) is 9.31. The molecule has 0 radical (unpaired) electrons. The van der Waals surface area contributed by atoms with Crippen molar-refractivity contribution in [2.24, 2.45) is 0 Å². The molecule has 0 unspecified atom stereocenters. The second-order valence-electron chi connectivity index (χ2n) is 7.35. The van der Waals surface area contributed by atoms with E-state index in [4.69, 9.17) is 4.98 Å². The Morgan fingerprint density at radius 2 is 1.79 bits per heavy atom. The molecule has 1 N–H and O–H groups in total. The summed E-state index contributed by atoms with van der Waals surface area (Å²) in [4.78, 5) is 18.3. The summed E-state index contributed by atoms with van der Waals surface area (Å²) in [6, 6.07) is 12.5. The average Bonchev–Trinajstić information content (AvgIpc) is 3.22. The number of nitrogens with zero attached hydrogens (tertiary/aromatic N) is 2. The van der Waals surface area contributed by atoms with Crippen molar-refractivity contribution in [3.8, 4) is 11.3 Å². The van der Waals surface area contributed by atoms with Crippen molar-refractivity contribution in [3.63, 3.8) is 0 Å². The number of thiazole rings is 1. The third kappa shape index (κ3) is 4.36. The van der Waals surface area contributed by atoms with Gasteiger partial charge in [0, 0.05) is 28.5 Å². The van der Waals surface area contributed by atoms with E-state index in [2.05, 4.69) is 37.4 Å². The highest BCUT2D eigenvalue weighted by Crippen LogP contribution is 2.26.